The molecule has 0 bridgehead atoms. The van der Waals surface area contributed by atoms with Gasteiger partial charge >= 0.3 is 6.18 Å². The zero-order chi connectivity index (χ0) is 14.5. The predicted molar refractivity (Wildman–Crippen MR) is 66.1 cm³/mol. The zero-order valence-corrected chi connectivity index (χ0v) is 10.8. The van der Waals surface area contributed by atoms with E-state index < -0.39 is 18.5 Å². The van der Waals surface area contributed by atoms with Gasteiger partial charge in [-0.25, -0.2) is 4.98 Å². The Kier molecular flexibility index (Phi) is 5.14. The van der Waals surface area contributed by atoms with Crippen LogP contribution in [0.1, 0.15) is 28.9 Å². The molecule has 0 unspecified atom stereocenters. The van der Waals surface area contributed by atoms with Crippen molar-refractivity contribution in [3.63, 3.8) is 0 Å². The van der Waals surface area contributed by atoms with Gasteiger partial charge in [0, 0.05) is 31.3 Å². The van der Waals surface area contributed by atoms with Gasteiger partial charge in [-0.05, 0) is 25.5 Å². The van der Waals surface area contributed by atoms with E-state index in [0.29, 0.717) is 17.1 Å². The van der Waals surface area contributed by atoms with Crippen molar-refractivity contribution in [2.75, 3.05) is 18.9 Å². The predicted octanol–water partition coefficient (Wildman–Crippen LogP) is 2.50. The van der Waals surface area contributed by atoms with E-state index in [-0.39, 0.29) is 13.0 Å². The van der Waals surface area contributed by atoms with E-state index in [1.807, 2.05) is 0 Å². The Bertz CT molecular complexity index is 446. The number of aryl methyl sites for hydroxylation is 1. The minimum atomic E-state index is -4.18. The van der Waals surface area contributed by atoms with Gasteiger partial charge in [0.25, 0.3) is 5.91 Å². The highest BCUT2D eigenvalue weighted by Gasteiger charge is 2.26. The summed E-state index contributed by atoms with van der Waals surface area (Å²) in [6.07, 6.45) is -5.21. The van der Waals surface area contributed by atoms with Gasteiger partial charge in [0.15, 0.2) is 0 Å². The highest BCUT2D eigenvalue weighted by molar-refractivity contribution is 5.94. The minimum absolute atomic E-state index is 0.00536. The summed E-state index contributed by atoms with van der Waals surface area (Å²) in [6, 6.07) is 3.13. The van der Waals surface area contributed by atoms with Crippen LogP contribution in [0.2, 0.25) is 0 Å². The smallest absolute Gasteiger partial charge is 0.373 e. The molecular weight excluding hydrogens is 259 g/mol. The van der Waals surface area contributed by atoms with Crippen LogP contribution in [0.3, 0.4) is 0 Å². The number of alkyl halides is 3. The summed E-state index contributed by atoms with van der Waals surface area (Å²) in [7, 11) is 1.67. The van der Waals surface area contributed by atoms with Gasteiger partial charge in [-0.3, -0.25) is 4.79 Å². The Morgan fingerprint density at radius 3 is 2.63 bits per heavy atom. The quantitative estimate of drug-likeness (QED) is 0.812. The van der Waals surface area contributed by atoms with Gasteiger partial charge < -0.3 is 10.6 Å². The van der Waals surface area contributed by atoms with Gasteiger partial charge in [-0.15, -0.1) is 0 Å². The number of amides is 1. The maximum Gasteiger partial charge on any atom is 0.389 e. The van der Waals surface area contributed by atoms with Crippen LogP contribution in [-0.4, -0.2) is 30.7 Å². The van der Waals surface area contributed by atoms with Crippen LogP contribution in [0.15, 0.2) is 12.1 Å². The fourth-order valence-corrected chi connectivity index (χ4v) is 1.52. The van der Waals surface area contributed by atoms with Crippen LogP contribution in [0.25, 0.3) is 0 Å². The molecule has 0 fully saturated rings. The lowest BCUT2D eigenvalue weighted by Crippen LogP contribution is -2.25. The Balaban J connectivity index is 2.52. The molecule has 0 radical (unpaired) electrons. The van der Waals surface area contributed by atoms with E-state index in [2.05, 4.69) is 15.6 Å². The van der Waals surface area contributed by atoms with Crippen LogP contribution < -0.4 is 10.6 Å². The molecule has 1 amide bonds. The molecule has 0 aliphatic heterocycles. The number of halogens is 3. The standard InChI is InChI=1S/C12H16F3N3O/c1-8-6-9(7-10(16-2)18-8)11(19)17-5-3-4-12(13,14)15/h6-7H,3-5H2,1-2H3,(H,16,18)(H,17,19). The van der Waals surface area contributed by atoms with Crippen molar-refractivity contribution in [3.05, 3.63) is 23.4 Å². The Labute approximate surface area is 109 Å². The molecule has 0 aliphatic rings. The number of nitrogens with one attached hydrogen (secondary N) is 2. The first-order chi connectivity index (χ1) is 8.81. The first kappa shape index (κ1) is 15.3. The second-order valence-corrected chi connectivity index (χ2v) is 4.11. The fraction of sp³-hybridized carbons (Fsp3) is 0.500. The van der Waals surface area contributed by atoms with Crippen LogP contribution in [-0.2, 0) is 0 Å². The largest absolute Gasteiger partial charge is 0.389 e. The Hall–Kier alpha value is -1.79. The molecular formula is C12H16F3N3O. The number of hydrogen-bond acceptors (Lipinski definition) is 3. The first-order valence-electron chi connectivity index (χ1n) is 5.83. The van der Waals surface area contributed by atoms with Crippen molar-refractivity contribution in [1.82, 2.24) is 10.3 Å². The highest BCUT2D eigenvalue weighted by atomic mass is 19.4. The number of aromatic nitrogens is 1. The maximum atomic E-state index is 11.9. The van der Waals surface area contributed by atoms with Crippen molar-refractivity contribution in [1.29, 1.82) is 0 Å². The number of pyridine rings is 1. The number of anilines is 1. The molecule has 1 heterocycles. The number of rotatable bonds is 5. The van der Waals surface area contributed by atoms with Gasteiger partial charge in [-0.2, -0.15) is 13.2 Å². The average molecular weight is 275 g/mol. The number of carbonyl (C=O) groups excluding carboxylic acids is 1. The van der Waals surface area contributed by atoms with Gasteiger partial charge in [0.2, 0.25) is 0 Å². The lowest BCUT2D eigenvalue weighted by atomic mass is 10.2. The topological polar surface area (TPSA) is 54.0 Å². The summed E-state index contributed by atoms with van der Waals surface area (Å²) in [4.78, 5) is 15.9. The minimum Gasteiger partial charge on any atom is -0.373 e. The molecule has 0 saturated heterocycles. The van der Waals surface area contributed by atoms with E-state index in [1.165, 1.54) is 0 Å². The number of hydrogen-bond donors (Lipinski definition) is 2. The molecule has 1 aromatic heterocycles. The lowest BCUT2D eigenvalue weighted by Gasteiger charge is -2.09. The molecule has 7 heteroatoms. The highest BCUT2D eigenvalue weighted by Crippen LogP contribution is 2.20. The Morgan fingerprint density at radius 1 is 1.37 bits per heavy atom. The molecule has 0 spiro atoms. The number of nitrogens with zero attached hydrogens (tertiary/aromatic N) is 1. The third kappa shape index (κ3) is 5.58. The van der Waals surface area contributed by atoms with Crippen molar-refractivity contribution in [3.8, 4) is 0 Å². The molecule has 19 heavy (non-hydrogen) atoms. The lowest BCUT2D eigenvalue weighted by molar-refractivity contribution is -0.135. The van der Waals surface area contributed by atoms with Crippen LogP contribution in [0.5, 0.6) is 0 Å². The molecule has 1 aromatic rings. The van der Waals surface area contributed by atoms with E-state index in [9.17, 15) is 18.0 Å². The van der Waals surface area contributed by atoms with Crippen molar-refractivity contribution >= 4 is 11.7 Å². The second kappa shape index (κ2) is 6.40. The monoisotopic (exact) mass is 275 g/mol. The average Bonchev–Trinajstić information content (AvgIpc) is 2.32. The van der Waals surface area contributed by atoms with E-state index in [4.69, 9.17) is 0 Å². The molecule has 1 rings (SSSR count). The SMILES string of the molecule is CNc1cc(C(=O)NCCCC(F)(F)F)cc(C)n1. The van der Waals surface area contributed by atoms with Crippen LogP contribution in [0, 0.1) is 6.92 Å². The molecule has 106 valence electrons. The summed E-state index contributed by atoms with van der Waals surface area (Å²) >= 11 is 0. The molecule has 4 nitrogen and oxygen atoms in total. The van der Waals surface area contributed by atoms with E-state index in [0.717, 1.165) is 0 Å². The van der Waals surface area contributed by atoms with E-state index in [1.54, 1.807) is 26.1 Å². The first-order valence-corrected chi connectivity index (χ1v) is 5.83. The molecule has 0 atom stereocenters. The molecule has 2 N–H and O–H groups in total. The number of carbonyl (C=O) groups is 1. The van der Waals surface area contributed by atoms with Crippen LogP contribution in [0.4, 0.5) is 19.0 Å². The summed E-state index contributed by atoms with van der Waals surface area (Å²) in [5, 5.41) is 5.27. The van der Waals surface area contributed by atoms with Gasteiger partial charge in [-0.1, -0.05) is 0 Å². The molecule has 0 aliphatic carbocycles. The van der Waals surface area contributed by atoms with E-state index >= 15 is 0 Å². The fourth-order valence-electron chi connectivity index (χ4n) is 1.52. The summed E-state index contributed by atoms with van der Waals surface area (Å²) in [6.45, 7) is 1.73. The summed E-state index contributed by atoms with van der Waals surface area (Å²) in [5.74, 6) is 0.143. The Morgan fingerprint density at radius 2 is 2.05 bits per heavy atom. The third-order valence-corrected chi connectivity index (χ3v) is 2.39. The molecule has 0 aromatic carbocycles. The summed E-state index contributed by atoms with van der Waals surface area (Å²) in [5.41, 5.74) is 1.04. The summed E-state index contributed by atoms with van der Waals surface area (Å²) < 4.78 is 35.8. The van der Waals surface area contributed by atoms with Gasteiger partial charge in [0.1, 0.15) is 5.82 Å². The van der Waals surface area contributed by atoms with Gasteiger partial charge in [0.05, 0.1) is 0 Å². The second-order valence-electron chi connectivity index (χ2n) is 4.11. The van der Waals surface area contributed by atoms with Crippen molar-refractivity contribution in [2.24, 2.45) is 0 Å². The van der Waals surface area contributed by atoms with Crippen molar-refractivity contribution < 1.29 is 18.0 Å². The zero-order valence-electron chi connectivity index (χ0n) is 10.8. The maximum absolute atomic E-state index is 11.9. The van der Waals surface area contributed by atoms with Crippen LogP contribution >= 0.6 is 0 Å². The normalized spacial score (nSPS) is 11.2. The van der Waals surface area contributed by atoms with Crippen molar-refractivity contribution in [2.45, 2.75) is 25.9 Å². The molecule has 0 saturated carbocycles. The third-order valence-electron chi connectivity index (χ3n) is 2.39.